The molecule has 5 N–H and O–H groups in total. The number of fused-ring (bicyclic) bond motifs is 1. The summed E-state index contributed by atoms with van der Waals surface area (Å²) in [5, 5.41) is 7.24. The van der Waals surface area contributed by atoms with Crippen molar-refractivity contribution in [2.24, 2.45) is 5.14 Å². The van der Waals surface area contributed by atoms with E-state index in [-0.39, 0.29) is 30.3 Å². The SMILES string of the molecule is Nc1cc2c(cc1C(=O)NCCS(N)(=O)=O)OCO2. The number of nitrogens with two attached hydrogens (primary N) is 2. The van der Waals surface area contributed by atoms with Gasteiger partial charge in [-0.05, 0) is 6.07 Å². The van der Waals surface area contributed by atoms with Gasteiger partial charge < -0.3 is 20.5 Å². The standard InChI is InChI=1S/C10H13N3O5S/c11-7-4-9-8(17-5-18-9)3-6(7)10(14)13-1-2-19(12,15)16/h3-4H,1-2,5,11H2,(H,13,14)(H2,12,15,16). The third-order valence-electron chi connectivity index (χ3n) is 2.46. The van der Waals surface area contributed by atoms with Crippen molar-refractivity contribution in [3.63, 3.8) is 0 Å². The van der Waals surface area contributed by atoms with Gasteiger partial charge >= 0.3 is 0 Å². The molecule has 8 nitrogen and oxygen atoms in total. The highest BCUT2D eigenvalue weighted by Gasteiger charge is 2.19. The topological polar surface area (TPSA) is 134 Å². The van der Waals surface area contributed by atoms with E-state index in [1.54, 1.807) is 0 Å². The molecule has 9 heteroatoms. The van der Waals surface area contributed by atoms with Crippen LogP contribution in [0.1, 0.15) is 10.4 Å². The molecule has 1 aliphatic rings. The molecule has 19 heavy (non-hydrogen) atoms. The summed E-state index contributed by atoms with van der Waals surface area (Å²) >= 11 is 0. The van der Waals surface area contributed by atoms with Gasteiger partial charge in [-0.2, -0.15) is 0 Å². The maximum atomic E-state index is 11.8. The molecule has 0 aliphatic carbocycles. The van der Waals surface area contributed by atoms with Crippen molar-refractivity contribution in [1.82, 2.24) is 5.32 Å². The summed E-state index contributed by atoms with van der Waals surface area (Å²) in [6.45, 7) is -0.0171. The van der Waals surface area contributed by atoms with Crippen molar-refractivity contribution < 1.29 is 22.7 Å². The third kappa shape index (κ3) is 3.26. The zero-order chi connectivity index (χ0) is 14.0. The van der Waals surface area contributed by atoms with Crippen LogP contribution in [0.5, 0.6) is 11.5 Å². The summed E-state index contributed by atoms with van der Waals surface area (Å²) < 4.78 is 31.7. The van der Waals surface area contributed by atoms with Crippen LogP contribution < -0.4 is 25.7 Å². The number of sulfonamides is 1. The van der Waals surface area contributed by atoms with Crippen LogP contribution >= 0.6 is 0 Å². The molecule has 1 aromatic rings. The molecule has 104 valence electrons. The zero-order valence-corrected chi connectivity index (χ0v) is 10.7. The molecule has 0 radical (unpaired) electrons. The predicted octanol–water partition coefficient (Wildman–Crippen LogP) is -0.984. The molecule has 2 rings (SSSR count). The highest BCUT2D eigenvalue weighted by molar-refractivity contribution is 7.89. The quantitative estimate of drug-likeness (QED) is 0.609. The first-order valence-electron chi connectivity index (χ1n) is 5.34. The number of benzene rings is 1. The van der Waals surface area contributed by atoms with Crippen LogP contribution in [0.4, 0.5) is 5.69 Å². The monoisotopic (exact) mass is 287 g/mol. The van der Waals surface area contributed by atoms with E-state index in [0.29, 0.717) is 11.5 Å². The van der Waals surface area contributed by atoms with Gasteiger partial charge in [0, 0.05) is 18.3 Å². The summed E-state index contributed by atoms with van der Waals surface area (Å²) in [6, 6.07) is 2.93. The predicted molar refractivity (Wildman–Crippen MR) is 67.3 cm³/mol. The number of anilines is 1. The van der Waals surface area contributed by atoms with Crippen LogP contribution in [0.15, 0.2) is 12.1 Å². The number of rotatable bonds is 4. The Kier molecular flexibility index (Phi) is 3.49. The fourth-order valence-corrected chi connectivity index (χ4v) is 1.94. The minimum absolute atomic E-state index is 0.0747. The lowest BCUT2D eigenvalue weighted by molar-refractivity contribution is 0.0956. The molecule has 1 aromatic carbocycles. The van der Waals surface area contributed by atoms with Gasteiger partial charge in [-0.15, -0.1) is 0 Å². The van der Waals surface area contributed by atoms with Crippen molar-refractivity contribution in [1.29, 1.82) is 0 Å². The van der Waals surface area contributed by atoms with E-state index < -0.39 is 15.9 Å². The van der Waals surface area contributed by atoms with Gasteiger partial charge in [0.05, 0.1) is 11.3 Å². The van der Waals surface area contributed by atoms with Crippen LogP contribution in [0.2, 0.25) is 0 Å². The Labute approximate surface area is 109 Å². The largest absolute Gasteiger partial charge is 0.454 e. The molecular weight excluding hydrogens is 274 g/mol. The molecule has 0 saturated heterocycles. The fraction of sp³-hybridized carbons (Fsp3) is 0.300. The first-order valence-corrected chi connectivity index (χ1v) is 7.06. The number of primary sulfonamides is 1. The lowest BCUT2D eigenvalue weighted by atomic mass is 10.1. The average molecular weight is 287 g/mol. The summed E-state index contributed by atoms with van der Waals surface area (Å²) in [4.78, 5) is 11.8. The molecule has 0 aromatic heterocycles. The van der Waals surface area contributed by atoms with Gasteiger partial charge in [0.1, 0.15) is 0 Å². The number of hydrogen-bond acceptors (Lipinski definition) is 6. The number of nitrogen functional groups attached to an aromatic ring is 1. The van der Waals surface area contributed by atoms with Crippen molar-refractivity contribution >= 4 is 21.6 Å². The zero-order valence-electron chi connectivity index (χ0n) is 9.88. The van der Waals surface area contributed by atoms with Crippen molar-refractivity contribution in [2.75, 3.05) is 24.8 Å². The second kappa shape index (κ2) is 4.94. The maximum absolute atomic E-state index is 11.8. The minimum Gasteiger partial charge on any atom is -0.454 e. The van der Waals surface area contributed by atoms with Gasteiger partial charge in [-0.1, -0.05) is 0 Å². The number of amides is 1. The number of hydrogen-bond donors (Lipinski definition) is 3. The molecule has 0 atom stereocenters. The van der Waals surface area contributed by atoms with Crippen LogP contribution in [-0.2, 0) is 10.0 Å². The van der Waals surface area contributed by atoms with E-state index in [4.69, 9.17) is 20.3 Å². The average Bonchev–Trinajstić information content (AvgIpc) is 2.72. The van der Waals surface area contributed by atoms with Gasteiger partial charge in [0.2, 0.25) is 16.8 Å². The van der Waals surface area contributed by atoms with Gasteiger partial charge in [0.15, 0.2) is 11.5 Å². The summed E-state index contributed by atoms with van der Waals surface area (Å²) in [5.74, 6) is 0.0484. The van der Waals surface area contributed by atoms with E-state index in [1.807, 2.05) is 0 Å². The Morgan fingerprint density at radius 2 is 1.95 bits per heavy atom. The van der Waals surface area contributed by atoms with E-state index in [1.165, 1.54) is 12.1 Å². The van der Waals surface area contributed by atoms with E-state index in [2.05, 4.69) is 5.32 Å². The van der Waals surface area contributed by atoms with Crippen LogP contribution in [0.3, 0.4) is 0 Å². The Bertz CT molecular complexity index is 614. The number of carbonyl (C=O) groups excluding carboxylic acids is 1. The minimum atomic E-state index is -3.61. The summed E-state index contributed by atoms with van der Waals surface area (Å²) in [7, 11) is -3.61. The number of ether oxygens (including phenoxy) is 2. The second-order valence-corrected chi connectivity index (χ2v) is 5.65. The van der Waals surface area contributed by atoms with E-state index in [9.17, 15) is 13.2 Å². The highest BCUT2D eigenvalue weighted by atomic mass is 32.2. The molecule has 1 amide bonds. The molecule has 0 fully saturated rings. The smallest absolute Gasteiger partial charge is 0.253 e. The van der Waals surface area contributed by atoms with Crippen LogP contribution in [-0.4, -0.2) is 33.4 Å². The van der Waals surface area contributed by atoms with Gasteiger partial charge in [-0.3, -0.25) is 4.79 Å². The summed E-state index contributed by atoms with van der Waals surface area (Å²) in [5.41, 5.74) is 6.13. The third-order valence-corrected chi connectivity index (χ3v) is 3.23. The Balaban J connectivity index is 2.07. The van der Waals surface area contributed by atoms with E-state index in [0.717, 1.165) is 0 Å². The molecule has 1 heterocycles. The number of nitrogens with one attached hydrogen (secondary N) is 1. The Morgan fingerprint density at radius 1 is 1.32 bits per heavy atom. The Morgan fingerprint density at radius 3 is 2.58 bits per heavy atom. The molecule has 1 aliphatic heterocycles. The highest BCUT2D eigenvalue weighted by Crippen LogP contribution is 2.35. The molecule has 0 unspecified atom stereocenters. The van der Waals surface area contributed by atoms with Crippen molar-refractivity contribution in [3.05, 3.63) is 17.7 Å². The first kappa shape index (κ1) is 13.4. The van der Waals surface area contributed by atoms with Crippen molar-refractivity contribution in [2.45, 2.75) is 0 Å². The van der Waals surface area contributed by atoms with Gasteiger partial charge in [0.25, 0.3) is 5.91 Å². The summed E-state index contributed by atoms with van der Waals surface area (Å²) in [6.07, 6.45) is 0. The first-order chi connectivity index (χ1) is 8.87. The lowest BCUT2D eigenvalue weighted by Gasteiger charge is -2.08. The lowest BCUT2D eigenvalue weighted by Crippen LogP contribution is -2.31. The van der Waals surface area contributed by atoms with Crippen LogP contribution in [0.25, 0.3) is 0 Å². The number of carbonyl (C=O) groups is 1. The van der Waals surface area contributed by atoms with Gasteiger partial charge in [-0.25, -0.2) is 13.6 Å². The molecule has 0 bridgehead atoms. The van der Waals surface area contributed by atoms with Crippen LogP contribution in [0, 0.1) is 0 Å². The Hall–Kier alpha value is -2.00. The normalized spacial score (nSPS) is 13.3. The second-order valence-electron chi connectivity index (χ2n) is 3.92. The molecule has 0 saturated carbocycles. The van der Waals surface area contributed by atoms with E-state index >= 15 is 0 Å². The molecular formula is C10H13N3O5S. The fourth-order valence-electron chi connectivity index (χ4n) is 1.56. The van der Waals surface area contributed by atoms with Crippen molar-refractivity contribution in [3.8, 4) is 11.5 Å². The molecule has 0 spiro atoms. The maximum Gasteiger partial charge on any atom is 0.253 e.